The Hall–Kier alpha value is -2.60. The highest BCUT2D eigenvalue weighted by Crippen LogP contribution is 2.14. The topological polar surface area (TPSA) is 59.6 Å². The van der Waals surface area contributed by atoms with Crippen molar-refractivity contribution in [3.05, 3.63) is 59.7 Å². The lowest BCUT2D eigenvalue weighted by Gasteiger charge is -2.11. The van der Waals surface area contributed by atoms with Crippen LogP contribution in [0.5, 0.6) is 11.5 Å². The molecule has 0 atom stereocenters. The van der Waals surface area contributed by atoms with Crippen molar-refractivity contribution in [3.8, 4) is 11.5 Å². The third-order valence-electron chi connectivity index (χ3n) is 4.47. The zero-order valence-corrected chi connectivity index (χ0v) is 18.0. The van der Waals surface area contributed by atoms with Crippen molar-refractivity contribution in [2.45, 2.75) is 45.6 Å². The van der Waals surface area contributed by atoms with Gasteiger partial charge in [0.2, 0.25) is 0 Å². The third kappa shape index (κ3) is 8.52. The van der Waals surface area contributed by atoms with Crippen LogP contribution < -0.4 is 20.1 Å². The zero-order chi connectivity index (χ0) is 20.9. The molecule has 0 aromatic heterocycles. The molecular formula is C23H30N2O3S. The van der Waals surface area contributed by atoms with Gasteiger partial charge in [-0.1, -0.05) is 44.7 Å². The molecule has 2 aromatic carbocycles. The summed E-state index contributed by atoms with van der Waals surface area (Å²) in [7, 11) is 1.63. The fourth-order valence-electron chi connectivity index (χ4n) is 2.74. The van der Waals surface area contributed by atoms with Crippen molar-refractivity contribution in [2.75, 3.05) is 13.7 Å². The van der Waals surface area contributed by atoms with E-state index in [0.29, 0.717) is 23.8 Å². The number of carbonyl (C=O) groups is 1. The van der Waals surface area contributed by atoms with Gasteiger partial charge in [-0.15, -0.1) is 0 Å². The van der Waals surface area contributed by atoms with Gasteiger partial charge in [-0.2, -0.15) is 0 Å². The van der Waals surface area contributed by atoms with Gasteiger partial charge < -0.3 is 14.8 Å². The molecular weight excluding hydrogens is 384 g/mol. The summed E-state index contributed by atoms with van der Waals surface area (Å²) in [6, 6.07) is 14.8. The van der Waals surface area contributed by atoms with Crippen LogP contribution in [0.25, 0.3) is 0 Å². The van der Waals surface area contributed by atoms with Crippen LogP contribution in [0.4, 0.5) is 0 Å². The van der Waals surface area contributed by atoms with Crippen molar-refractivity contribution < 1.29 is 14.3 Å². The minimum absolute atomic E-state index is 0.247. The second-order valence-corrected chi connectivity index (χ2v) is 7.18. The molecule has 0 fully saturated rings. The van der Waals surface area contributed by atoms with Gasteiger partial charge in [0.1, 0.15) is 11.5 Å². The highest BCUT2D eigenvalue weighted by molar-refractivity contribution is 7.80. The van der Waals surface area contributed by atoms with E-state index in [-0.39, 0.29) is 5.91 Å². The number of rotatable bonds is 11. The summed E-state index contributed by atoms with van der Waals surface area (Å²) in [5.74, 6) is 1.33. The van der Waals surface area contributed by atoms with Crippen molar-refractivity contribution in [1.82, 2.24) is 10.6 Å². The monoisotopic (exact) mass is 414 g/mol. The molecule has 0 saturated heterocycles. The SMILES string of the molecule is CCCCCCCOc1ccc(C(=O)NC(=S)NCc2ccc(OC)cc2)cc1. The molecule has 0 radical (unpaired) electrons. The average Bonchev–Trinajstić information content (AvgIpc) is 2.75. The van der Waals surface area contributed by atoms with Gasteiger partial charge in [0.15, 0.2) is 5.11 Å². The van der Waals surface area contributed by atoms with E-state index in [0.717, 1.165) is 23.5 Å². The molecule has 0 aliphatic rings. The minimum atomic E-state index is -0.247. The second kappa shape index (κ2) is 12.8. The number of hydrogen-bond acceptors (Lipinski definition) is 4. The Labute approximate surface area is 178 Å². The first-order valence-corrected chi connectivity index (χ1v) is 10.5. The maximum atomic E-state index is 12.3. The fraction of sp³-hybridized carbons (Fsp3) is 0.391. The summed E-state index contributed by atoms with van der Waals surface area (Å²) in [6.45, 7) is 3.43. The van der Waals surface area contributed by atoms with Gasteiger partial charge in [0.05, 0.1) is 13.7 Å². The lowest BCUT2D eigenvalue weighted by atomic mass is 10.2. The number of thiocarbonyl (C=S) groups is 1. The predicted octanol–water partition coefficient (Wildman–Crippen LogP) is 4.85. The van der Waals surface area contributed by atoms with Crippen LogP contribution in [0.15, 0.2) is 48.5 Å². The standard InChI is InChI=1S/C23H30N2O3S/c1-3-4-5-6-7-16-28-21-14-10-19(11-15-21)22(26)25-23(29)24-17-18-8-12-20(27-2)13-9-18/h8-15H,3-7,16-17H2,1-2H3,(H2,24,25,26,29). The van der Waals surface area contributed by atoms with Gasteiger partial charge in [0, 0.05) is 12.1 Å². The molecule has 0 saturated carbocycles. The van der Waals surface area contributed by atoms with Crippen molar-refractivity contribution in [3.63, 3.8) is 0 Å². The number of ether oxygens (including phenoxy) is 2. The Morgan fingerprint density at radius 1 is 0.931 bits per heavy atom. The molecule has 0 aliphatic carbocycles. The minimum Gasteiger partial charge on any atom is -0.497 e. The highest BCUT2D eigenvalue weighted by Gasteiger charge is 2.08. The Bertz CT molecular complexity index is 761. The fourth-order valence-corrected chi connectivity index (χ4v) is 2.91. The van der Waals surface area contributed by atoms with Crippen molar-refractivity contribution in [2.24, 2.45) is 0 Å². The van der Waals surface area contributed by atoms with E-state index >= 15 is 0 Å². The first-order valence-electron chi connectivity index (χ1n) is 10.1. The summed E-state index contributed by atoms with van der Waals surface area (Å²) >= 11 is 5.21. The van der Waals surface area contributed by atoms with E-state index in [9.17, 15) is 4.79 Å². The summed E-state index contributed by atoms with van der Waals surface area (Å²) in [6.07, 6.45) is 6.02. The average molecular weight is 415 g/mol. The summed E-state index contributed by atoms with van der Waals surface area (Å²) in [5.41, 5.74) is 1.58. The maximum absolute atomic E-state index is 12.3. The van der Waals surface area contributed by atoms with Gasteiger partial charge >= 0.3 is 0 Å². The summed E-state index contributed by atoms with van der Waals surface area (Å²) < 4.78 is 10.9. The Morgan fingerprint density at radius 3 is 2.24 bits per heavy atom. The number of unbranched alkanes of at least 4 members (excludes halogenated alkanes) is 4. The maximum Gasteiger partial charge on any atom is 0.257 e. The van der Waals surface area contributed by atoms with Gasteiger partial charge in [0.25, 0.3) is 5.91 Å². The molecule has 29 heavy (non-hydrogen) atoms. The number of carbonyl (C=O) groups excluding carboxylic acids is 1. The van der Waals surface area contributed by atoms with Gasteiger partial charge in [-0.3, -0.25) is 10.1 Å². The molecule has 6 heteroatoms. The number of methoxy groups -OCH3 is 1. The van der Waals surface area contributed by atoms with Crippen LogP contribution in [0.3, 0.4) is 0 Å². The molecule has 1 amide bonds. The van der Waals surface area contributed by atoms with Gasteiger partial charge in [-0.05, 0) is 60.6 Å². The molecule has 0 aliphatic heterocycles. The first kappa shape index (κ1) is 22.7. The second-order valence-electron chi connectivity index (χ2n) is 6.77. The normalized spacial score (nSPS) is 10.3. The number of benzene rings is 2. The molecule has 156 valence electrons. The lowest BCUT2D eigenvalue weighted by molar-refractivity contribution is 0.0976. The van der Waals surface area contributed by atoms with Crippen molar-refractivity contribution in [1.29, 1.82) is 0 Å². The zero-order valence-electron chi connectivity index (χ0n) is 17.2. The van der Waals surface area contributed by atoms with E-state index in [2.05, 4.69) is 17.6 Å². The molecule has 2 aromatic rings. The Morgan fingerprint density at radius 2 is 1.59 bits per heavy atom. The Balaban J connectivity index is 1.71. The number of nitrogens with one attached hydrogen (secondary N) is 2. The number of hydrogen-bond donors (Lipinski definition) is 2. The molecule has 2 N–H and O–H groups in total. The van der Waals surface area contributed by atoms with Gasteiger partial charge in [-0.25, -0.2) is 0 Å². The van der Waals surface area contributed by atoms with E-state index in [1.165, 1.54) is 25.7 Å². The highest BCUT2D eigenvalue weighted by atomic mass is 32.1. The van der Waals surface area contributed by atoms with E-state index in [4.69, 9.17) is 21.7 Å². The van der Waals surface area contributed by atoms with E-state index in [1.807, 2.05) is 36.4 Å². The van der Waals surface area contributed by atoms with Crippen LogP contribution in [-0.4, -0.2) is 24.7 Å². The molecule has 2 rings (SSSR count). The molecule has 0 heterocycles. The van der Waals surface area contributed by atoms with Crippen LogP contribution >= 0.6 is 12.2 Å². The van der Waals surface area contributed by atoms with Crippen LogP contribution in [-0.2, 0) is 6.54 Å². The number of amides is 1. The molecule has 0 spiro atoms. The molecule has 0 unspecified atom stereocenters. The summed E-state index contributed by atoms with van der Waals surface area (Å²) in [5, 5.41) is 6.02. The Kier molecular flexibility index (Phi) is 10.00. The smallest absolute Gasteiger partial charge is 0.257 e. The van der Waals surface area contributed by atoms with Crippen LogP contribution in [0.2, 0.25) is 0 Å². The van der Waals surface area contributed by atoms with E-state index < -0.39 is 0 Å². The third-order valence-corrected chi connectivity index (χ3v) is 4.72. The van der Waals surface area contributed by atoms with Crippen LogP contribution in [0.1, 0.15) is 54.9 Å². The summed E-state index contributed by atoms with van der Waals surface area (Å²) in [4.78, 5) is 12.3. The van der Waals surface area contributed by atoms with E-state index in [1.54, 1.807) is 19.2 Å². The quantitative estimate of drug-likeness (QED) is 0.407. The van der Waals surface area contributed by atoms with Crippen molar-refractivity contribution >= 4 is 23.2 Å². The molecule has 0 bridgehead atoms. The lowest BCUT2D eigenvalue weighted by Crippen LogP contribution is -2.38. The van der Waals surface area contributed by atoms with Crippen LogP contribution in [0, 0.1) is 0 Å². The largest absolute Gasteiger partial charge is 0.497 e. The first-order chi connectivity index (χ1) is 14.1. The predicted molar refractivity (Wildman–Crippen MR) is 121 cm³/mol. The molecule has 5 nitrogen and oxygen atoms in total.